The number of fused-ring (bicyclic) bond motifs is 1. The number of rotatable bonds is 9. The summed E-state index contributed by atoms with van der Waals surface area (Å²) in [5.74, 6) is 1.39. The number of aliphatic hydroxyl groups excluding tert-OH is 1. The van der Waals surface area contributed by atoms with E-state index in [2.05, 4.69) is 54.0 Å². The average molecular weight is 399 g/mol. The first-order chi connectivity index (χ1) is 14.0. The van der Waals surface area contributed by atoms with Gasteiger partial charge in [0.05, 0.1) is 7.11 Å². The van der Waals surface area contributed by atoms with E-state index in [0.29, 0.717) is 24.1 Å². The van der Waals surface area contributed by atoms with Gasteiger partial charge < -0.3 is 19.5 Å². The van der Waals surface area contributed by atoms with Gasteiger partial charge in [-0.2, -0.15) is 0 Å². The van der Waals surface area contributed by atoms with Gasteiger partial charge in [0.25, 0.3) is 0 Å². The van der Waals surface area contributed by atoms with Crippen molar-refractivity contribution in [3.63, 3.8) is 0 Å². The Balaban J connectivity index is 1.61. The van der Waals surface area contributed by atoms with Crippen LogP contribution in [0, 0.1) is 0 Å². The third kappa shape index (κ3) is 5.95. The van der Waals surface area contributed by atoms with Crippen molar-refractivity contribution in [1.29, 1.82) is 0 Å². The van der Waals surface area contributed by atoms with Gasteiger partial charge in [0, 0.05) is 32.2 Å². The highest BCUT2D eigenvalue weighted by Gasteiger charge is 2.17. The molecule has 0 radical (unpaired) electrons. The molecule has 0 unspecified atom stereocenters. The summed E-state index contributed by atoms with van der Waals surface area (Å²) in [4.78, 5) is 4.57. The zero-order valence-corrected chi connectivity index (χ0v) is 18.1. The summed E-state index contributed by atoms with van der Waals surface area (Å²) in [7, 11) is 3.65. The molecule has 2 aromatic carbocycles. The van der Waals surface area contributed by atoms with Gasteiger partial charge in [0.2, 0.25) is 0 Å². The highest BCUT2D eigenvalue weighted by molar-refractivity contribution is 5.43. The van der Waals surface area contributed by atoms with E-state index in [1.165, 1.54) is 16.7 Å². The lowest BCUT2D eigenvalue weighted by molar-refractivity contribution is 0.0668. The first-order valence-electron chi connectivity index (χ1n) is 10.4. The lowest BCUT2D eigenvalue weighted by atomic mass is 9.99. The van der Waals surface area contributed by atoms with Crippen LogP contribution in [-0.2, 0) is 19.5 Å². The van der Waals surface area contributed by atoms with Crippen molar-refractivity contribution in [2.75, 3.05) is 33.9 Å². The van der Waals surface area contributed by atoms with Gasteiger partial charge in [0.15, 0.2) is 11.5 Å². The van der Waals surface area contributed by atoms with E-state index in [0.717, 1.165) is 26.1 Å². The Hall–Kier alpha value is -2.08. The van der Waals surface area contributed by atoms with Crippen LogP contribution in [0.25, 0.3) is 0 Å². The van der Waals surface area contributed by atoms with E-state index in [4.69, 9.17) is 9.47 Å². The number of methoxy groups -OCH3 is 1. The van der Waals surface area contributed by atoms with Crippen LogP contribution >= 0.6 is 0 Å². The summed E-state index contributed by atoms with van der Waals surface area (Å²) < 4.78 is 11.4. The third-order valence-electron chi connectivity index (χ3n) is 5.66. The van der Waals surface area contributed by atoms with Crippen LogP contribution in [0.5, 0.6) is 11.5 Å². The van der Waals surface area contributed by atoms with Crippen molar-refractivity contribution in [1.82, 2.24) is 9.80 Å². The van der Waals surface area contributed by atoms with Crippen molar-refractivity contribution in [3.05, 3.63) is 59.2 Å². The van der Waals surface area contributed by atoms with Crippen molar-refractivity contribution < 1.29 is 14.6 Å². The second kappa shape index (κ2) is 10.1. The molecule has 5 nitrogen and oxygen atoms in total. The number of aliphatic hydroxyl groups is 1. The Kier molecular flexibility index (Phi) is 7.53. The standard InChI is InChI=1S/C24H34N2O3/c1-18(2)25(3)16-22(27)17-29-24-13-19(9-10-23(24)28-4)14-26-12-11-20-7-5-6-8-21(20)15-26/h5-10,13,18,22,27H,11-12,14-17H2,1-4H3/t22-/m1/s1. The Morgan fingerprint density at radius 1 is 1.10 bits per heavy atom. The largest absolute Gasteiger partial charge is 0.493 e. The quantitative estimate of drug-likeness (QED) is 0.702. The normalized spacial score (nSPS) is 15.4. The molecular weight excluding hydrogens is 364 g/mol. The lowest BCUT2D eigenvalue weighted by Gasteiger charge is -2.29. The Bertz CT molecular complexity index is 793. The number of likely N-dealkylation sites (N-methyl/N-ethyl adjacent to an activating group) is 1. The summed E-state index contributed by atoms with van der Waals surface area (Å²) in [5.41, 5.74) is 4.07. The third-order valence-corrected chi connectivity index (χ3v) is 5.66. The number of nitrogens with zero attached hydrogens (tertiary/aromatic N) is 2. The molecule has 0 spiro atoms. The second-order valence-corrected chi connectivity index (χ2v) is 8.21. The minimum atomic E-state index is -0.547. The van der Waals surface area contributed by atoms with E-state index in [1.807, 2.05) is 19.2 Å². The molecule has 5 heteroatoms. The molecule has 29 heavy (non-hydrogen) atoms. The molecule has 0 saturated heterocycles. The van der Waals surface area contributed by atoms with E-state index >= 15 is 0 Å². The molecule has 158 valence electrons. The predicted molar refractivity (Wildman–Crippen MR) is 117 cm³/mol. The molecule has 2 aromatic rings. The SMILES string of the molecule is COc1ccc(CN2CCc3ccccc3C2)cc1OC[C@H](O)CN(C)C(C)C. The molecule has 0 bridgehead atoms. The number of hydrogen-bond acceptors (Lipinski definition) is 5. The Morgan fingerprint density at radius 2 is 1.86 bits per heavy atom. The van der Waals surface area contributed by atoms with Crippen LogP contribution in [-0.4, -0.2) is 60.9 Å². The molecular formula is C24H34N2O3. The van der Waals surface area contributed by atoms with Crippen molar-refractivity contribution in [3.8, 4) is 11.5 Å². The van der Waals surface area contributed by atoms with Crippen LogP contribution in [0.15, 0.2) is 42.5 Å². The predicted octanol–water partition coefficient (Wildman–Crippen LogP) is 3.33. The molecule has 1 aliphatic rings. The van der Waals surface area contributed by atoms with Crippen LogP contribution in [0.2, 0.25) is 0 Å². The smallest absolute Gasteiger partial charge is 0.161 e. The molecule has 1 heterocycles. The van der Waals surface area contributed by atoms with E-state index in [9.17, 15) is 5.11 Å². The highest BCUT2D eigenvalue weighted by atomic mass is 16.5. The van der Waals surface area contributed by atoms with Gasteiger partial charge >= 0.3 is 0 Å². The zero-order chi connectivity index (χ0) is 20.8. The topological polar surface area (TPSA) is 45.2 Å². The lowest BCUT2D eigenvalue weighted by Crippen LogP contribution is -2.37. The molecule has 0 saturated carbocycles. The Labute approximate surface area is 174 Å². The van der Waals surface area contributed by atoms with Gasteiger partial charge in [-0.15, -0.1) is 0 Å². The summed E-state index contributed by atoms with van der Waals surface area (Å²) in [5, 5.41) is 10.3. The minimum Gasteiger partial charge on any atom is -0.493 e. The molecule has 0 fully saturated rings. The van der Waals surface area contributed by atoms with E-state index in [-0.39, 0.29) is 6.61 Å². The van der Waals surface area contributed by atoms with Gasteiger partial charge in [-0.1, -0.05) is 30.3 Å². The van der Waals surface area contributed by atoms with Crippen LogP contribution in [0.3, 0.4) is 0 Å². The summed E-state index contributed by atoms with van der Waals surface area (Å²) in [6.07, 6.45) is 0.542. The second-order valence-electron chi connectivity index (χ2n) is 8.21. The van der Waals surface area contributed by atoms with Crippen molar-refractivity contribution in [2.45, 2.75) is 45.5 Å². The fourth-order valence-electron chi connectivity index (χ4n) is 3.66. The maximum Gasteiger partial charge on any atom is 0.161 e. The zero-order valence-electron chi connectivity index (χ0n) is 18.1. The molecule has 0 aliphatic carbocycles. The van der Waals surface area contributed by atoms with Crippen LogP contribution in [0.1, 0.15) is 30.5 Å². The highest BCUT2D eigenvalue weighted by Crippen LogP contribution is 2.29. The van der Waals surface area contributed by atoms with E-state index in [1.54, 1.807) is 7.11 Å². The molecule has 0 amide bonds. The summed E-state index contributed by atoms with van der Waals surface area (Å²) in [6.45, 7) is 7.93. The van der Waals surface area contributed by atoms with Gasteiger partial charge in [-0.25, -0.2) is 0 Å². The van der Waals surface area contributed by atoms with Crippen molar-refractivity contribution in [2.24, 2.45) is 0 Å². The molecule has 1 N–H and O–H groups in total. The summed E-state index contributed by atoms with van der Waals surface area (Å²) in [6, 6.07) is 15.2. The number of hydrogen-bond donors (Lipinski definition) is 1. The van der Waals surface area contributed by atoms with Crippen LogP contribution in [0.4, 0.5) is 0 Å². The van der Waals surface area contributed by atoms with Crippen molar-refractivity contribution >= 4 is 0 Å². The van der Waals surface area contributed by atoms with E-state index < -0.39 is 6.10 Å². The fraction of sp³-hybridized carbons (Fsp3) is 0.500. The number of ether oxygens (including phenoxy) is 2. The average Bonchev–Trinajstić information content (AvgIpc) is 2.72. The van der Waals surface area contributed by atoms with Gasteiger partial charge in [0.1, 0.15) is 12.7 Å². The Morgan fingerprint density at radius 3 is 2.59 bits per heavy atom. The van der Waals surface area contributed by atoms with Gasteiger partial charge in [-0.3, -0.25) is 4.90 Å². The molecule has 1 aliphatic heterocycles. The maximum atomic E-state index is 10.3. The minimum absolute atomic E-state index is 0.244. The number of benzene rings is 2. The molecule has 1 atom stereocenters. The first-order valence-corrected chi connectivity index (χ1v) is 10.4. The maximum absolute atomic E-state index is 10.3. The summed E-state index contributed by atoms with van der Waals surface area (Å²) >= 11 is 0. The fourth-order valence-corrected chi connectivity index (χ4v) is 3.66. The van der Waals surface area contributed by atoms with Gasteiger partial charge in [-0.05, 0) is 56.1 Å². The molecule has 3 rings (SSSR count). The monoisotopic (exact) mass is 398 g/mol. The van der Waals surface area contributed by atoms with Crippen LogP contribution < -0.4 is 9.47 Å². The molecule has 0 aromatic heterocycles. The first kappa shape index (κ1) is 21.6.